The standard InChI is InChI=1S/C13H8F7NOS/c1-5-2-7(14)6(3-9(5)23-12(17)11(15)16)8-4-10(22-21-8)13(18,19)20/h2-4,11-12H,1H3. The van der Waals surface area contributed by atoms with Gasteiger partial charge >= 0.3 is 6.18 Å². The van der Waals surface area contributed by atoms with Crippen LogP contribution in [0.5, 0.6) is 0 Å². The van der Waals surface area contributed by atoms with Crippen molar-refractivity contribution in [2.45, 2.75) is 29.9 Å². The van der Waals surface area contributed by atoms with E-state index in [-0.39, 0.29) is 22.2 Å². The maximum Gasteiger partial charge on any atom is 0.452 e. The van der Waals surface area contributed by atoms with Gasteiger partial charge in [0.25, 0.3) is 6.43 Å². The minimum absolute atomic E-state index is 0.0363. The number of nitrogens with zero attached hydrogens (tertiary/aromatic N) is 1. The van der Waals surface area contributed by atoms with E-state index in [0.717, 1.165) is 12.1 Å². The molecule has 1 aromatic carbocycles. The fourth-order valence-electron chi connectivity index (χ4n) is 1.68. The SMILES string of the molecule is Cc1cc(F)c(-c2cc(C(F)(F)F)on2)cc1SC(F)C(F)F. The predicted octanol–water partition coefficient (Wildman–Crippen LogP) is 5.46. The fourth-order valence-corrected chi connectivity index (χ4v) is 2.46. The summed E-state index contributed by atoms with van der Waals surface area (Å²) in [6.07, 6.45) is -8.05. The van der Waals surface area contributed by atoms with Gasteiger partial charge in [0.2, 0.25) is 11.3 Å². The molecule has 0 N–H and O–H groups in total. The van der Waals surface area contributed by atoms with E-state index >= 15 is 0 Å². The van der Waals surface area contributed by atoms with Gasteiger partial charge in [-0.15, -0.1) is 0 Å². The first-order chi connectivity index (χ1) is 10.6. The highest BCUT2D eigenvalue weighted by Crippen LogP contribution is 2.37. The van der Waals surface area contributed by atoms with E-state index in [2.05, 4.69) is 9.68 Å². The highest BCUT2D eigenvalue weighted by molar-refractivity contribution is 7.99. The molecule has 1 unspecified atom stereocenters. The predicted molar refractivity (Wildman–Crippen MR) is 68.4 cm³/mol. The Kier molecular flexibility index (Phi) is 4.92. The molecule has 2 nitrogen and oxygen atoms in total. The van der Waals surface area contributed by atoms with E-state index in [4.69, 9.17) is 0 Å². The van der Waals surface area contributed by atoms with Crippen LogP contribution in [0.1, 0.15) is 11.3 Å². The van der Waals surface area contributed by atoms with Crippen LogP contribution in [0.3, 0.4) is 0 Å². The minimum atomic E-state index is -4.80. The first kappa shape index (κ1) is 17.6. The summed E-state index contributed by atoms with van der Waals surface area (Å²) in [6.45, 7) is 1.36. The Morgan fingerprint density at radius 2 is 1.78 bits per heavy atom. The van der Waals surface area contributed by atoms with Crippen molar-refractivity contribution in [2.75, 3.05) is 0 Å². The van der Waals surface area contributed by atoms with Crippen LogP contribution in [-0.2, 0) is 6.18 Å². The number of aromatic nitrogens is 1. The third kappa shape index (κ3) is 3.98. The van der Waals surface area contributed by atoms with Gasteiger partial charge in [-0.1, -0.05) is 16.9 Å². The van der Waals surface area contributed by atoms with E-state index in [1.54, 1.807) is 0 Å². The lowest BCUT2D eigenvalue weighted by Crippen LogP contribution is -2.07. The molecular weight excluding hydrogens is 351 g/mol. The van der Waals surface area contributed by atoms with Crippen molar-refractivity contribution in [1.82, 2.24) is 5.16 Å². The lowest BCUT2D eigenvalue weighted by Gasteiger charge is -2.11. The molecule has 2 aromatic rings. The van der Waals surface area contributed by atoms with E-state index in [9.17, 15) is 30.7 Å². The normalized spacial score (nSPS) is 13.6. The first-order valence-corrected chi connectivity index (χ1v) is 6.91. The Bertz CT molecular complexity index is 698. The molecule has 0 radical (unpaired) electrons. The van der Waals surface area contributed by atoms with Crippen LogP contribution in [-0.4, -0.2) is 17.1 Å². The van der Waals surface area contributed by atoms with Gasteiger partial charge in [-0.25, -0.2) is 17.6 Å². The summed E-state index contributed by atoms with van der Waals surface area (Å²) in [5, 5.41) is 3.11. The largest absolute Gasteiger partial charge is 0.452 e. The monoisotopic (exact) mass is 359 g/mol. The maximum absolute atomic E-state index is 13.9. The van der Waals surface area contributed by atoms with Crippen LogP contribution >= 0.6 is 11.8 Å². The summed E-state index contributed by atoms with van der Waals surface area (Å²) in [6, 6.07) is 2.34. The van der Waals surface area contributed by atoms with Crippen molar-refractivity contribution >= 4 is 11.8 Å². The van der Waals surface area contributed by atoms with Gasteiger partial charge in [-0.2, -0.15) is 13.2 Å². The van der Waals surface area contributed by atoms with Crippen LogP contribution in [0, 0.1) is 12.7 Å². The summed E-state index contributed by atoms with van der Waals surface area (Å²) in [5.41, 5.74) is -3.25. The molecule has 0 amide bonds. The Labute approximate surface area is 129 Å². The molecule has 0 aliphatic carbocycles. The number of aryl methyl sites for hydroxylation is 1. The third-order valence-electron chi connectivity index (χ3n) is 2.77. The third-order valence-corrected chi connectivity index (χ3v) is 3.89. The molecule has 0 aliphatic rings. The zero-order chi connectivity index (χ0) is 17.4. The van der Waals surface area contributed by atoms with E-state index in [0.29, 0.717) is 6.07 Å². The van der Waals surface area contributed by atoms with E-state index < -0.39 is 40.9 Å². The maximum atomic E-state index is 13.9. The van der Waals surface area contributed by atoms with Gasteiger partial charge in [0.05, 0.1) is 0 Å². The van der Waals surface area contributed by atoms with Crippen LogP contribution in [0.15, 0.2) is 27.6 Å². The van der Waals surface area contributed by atoms with Gasteiger partial charge in [0.1, 0.15) is 11.5 Å². The molecule has 0 bridgehead atoms. The zero-order valence-corrected chi connectivity index (χ0v) is 12.1. The molecular formula is C13H8F7NOS. The molecule has 0 aliphatic heterocycles. The van der Waals surface area contributed by atoms with Gasteiger partial charge in [0, 0.05) is 16.5 Å². The highest BCUT2D eigenvalue weighted by Gasteiger charge is 2.36. The molecule has 0 fully saturated rings. The second-order valence-electron chi connectivity index (χ2n) is 4.48. The fraction of sp³-hybridized carbons (Fsp3) is 0.308. The Hall–Kier alpha value is -1.71. The molecule has 126 valence electrons. The number of hydrogen-bond acceptors (Lipinski definition) is 3. The van der Waals surface area contributed by atoms with Crippen molar-refractivity contribution in [2.24, 2.45) is 0 Å². The Balaban J connectivity index is 2.41. The van der Waals surface area contributed by atoms with E-state index in [1.807, 2.05) is 0 Å². The quantitative estimate of drug-likeness (QED) is 0.536. The lowest BCUT2D eigenvalue weighted by molar-refractivity contribution is -0.155. The zero-order valence-electron chi connectivity index (χ0n) is 11.3. The summed E-state index contributed by atoms with van der Waals surface area (Å²) in [5.74, 6) is -2.36. The van der Waals surface area contributed by atoms with Crippen LogP contribution in [0.4, 0.5) is 30.7 Å². The highest BCUT2D eigenvalue weighted by atomic mass is 32.2. The molecule has 1 heterocycles. The minimum Gasteiger partial charge on any atom is -0.351 e. The van der Waals surface area contributed by atoms with Crippen LogP contribution in [0.2, 0.25) is 0 Å². The number of thioether (sulfide) groups is 1. The van der Waals surface area contributed by atoms with Crippen molar-refractivity contribution in [3.05, 3.63) is 35.3 Å². The molecule has 0 spiro atoms. The second kappa shape index (κ2) is 6.42. The number of halogens is 7. The average Bonchev–Trinajstić information content (AvgIpc) is 2.91. The van der Waals surface area contributed by atoms with Crippen molar-refractivity contribution in [3.63, 3.8) is 0 Å². The summed E-state index contributed by atoms with van der Waals surface area (Å²) in [7, 11) is 0. The molecule has 0 saturated carbocycles. The van der Waals surface area contributed by atoms with Gasteiger partial charge < -0.3 is 4.52 Å². The number of alkyl halides is 6. The van der Waals surface area contributed by atoms with Crippen LogP contribution < -0.4 is 0 Å². The molecule has 1 aromatic heterocycles. The Morgan fingerprint density at radius 3 is 2.30 bits per heavy atom. The van der Waals surface area contributed by atoms with Gasteiger partial charge in [0.15, 0.2) is 0 Å². The molecule has 10 heteroatoms. The van der Waals surface area contributed by atoms with Crippen LogP contribution in [0.25, 0.3) is 11.3 Å². The van der Waals surface area contributed by atoms with Crippen molar-refractivity contribution in [3.8, 4) is 11.3 Å². The average molecular weight is 359 g/mol. The van der Waals surface area contributed by atoms with Gasteiger partial charge in [-0.05, 0) is 24.6 Å². The smallest absolute Gasteiger partial charge is 0.351 e. The summed E-state index contributed by atoms with van der Waals surface area (Å²) in [4.78, 5) is -0.0363. The van der Waals surface area contributed by atoms with E-state index in [1.165, 1.54) is 6.92 Å². The lowest BCUT2D eigenvalue weighted by atomic mass is 10.1. The van der Waals surface area contributed by atoms with Gasteiger partial charge in [-0.3, -0.25) is 0 Å². The first-order valence-electron chi connectivity index (χ1n) is 6.03. The molecule has 1 atom stereocenters. The number of benzene rings is 1. The molecule has 0 saturated heterocycles. The molecule has 2 rings (SSSR count). The second-order valence-corrected chi connectivity index (χ2v) is 5.60. The topological polar surface area (TPSA) is 26.0 Å². The van der Waals surface area contributed by atoms with Crippen molar-refractivity contribution in [1.29, 1.82) is 0 Å². The Morgan fingerprint density at radius 1 is 1.13 bits per heavy atom. The summed E-state index contributed by atoms with van der Waals surface area (Å²) >= 11 is 0.144. The van der Waals surface area contributed by atoms with Crippen molar-refractivity contribution < 1.29 is 35.3 Å². The molecule has 23 heavy (non-hydrogen) atoms. The number of rotatable bonds is 4. The summed E-state index contributed by atoms with van der Waals surface area (Å²) < 4.78 is 93.0. The number of hydrogen-bond donors (Lipinski definition) is 0.